The number of para-hydroxylation sites is 1. The average molecular weight is 297 g/mol. The van der Waals surface area contributed by atoms with Crippen LogP contribution in [0.2, 0.25) is 0 Å². The molecule has 110 valence electrons. The molecule has 6 nitrogen and oxygen atoms in total. The summed E-state index contributed by atoms with van der Waals surface area (Å²) in [5.74, 6) is 0. The van der Waals surface area contributed by atoms with E-state index >= 15 is 0 Å². The summed E-state index contributed by atoms with van der Waals surface area (Å²) in [5.41, 5.74) is 0.502. The Balaban J connectivity index is 1.92. The maximum atomic E-state index is 12.4. The predicted octanol–water partition coefficient (Wildman–Crippen LogP) is 0.977. The van der Waals surface area contributed by atoms with Gasteiger partial charge in [0.25, 0.3) is 10.0 Å². The molecule has 1 heterocycles. The van der Waals surface area contributed by atoms with Gasteiger partial charge in [0.05, 0.1) is 12.3 Å². The lowest BCUT2D eigenvalue weighted by Crippen LogP contribution is -2.34. The minimum Gasteiger partial charge on any atom is -0.383 e. The van der Waals surface area contributed by atoms with Crippen molar-refractivity contribution in [2.24, 2.45) is 4.99 Å². The van der Waals surface area contributed by atoms with Gasteiger partial charge >= 0.3 is 0 Å². The van der Waals surface area contributed by atoms with E-state index in [2.05, 4.69) is 10.3 Å². The normalized spacial score (nSPS) is 16.1. The van der Waals surface area contributed by atoms with Gasteiger partial charge in [-0.1, -0.05) is 12.1 Å². The molecule has 0 amide bonds. The van der Waals surface area contributed by atoms with E-state index in [4.69, 9.17) is 4.74 Å². The molecule has 0 saturated heterocycles. The lowest BCUT2D eigenvalue weighted by Gasteiger charge is -2.23. The van der Waals surface area contributed by atoms with Gasteiger partial charge in [-0.2, -0.15) is 0 Å². The first-order chi connectivity index (χ1) is 9.66. The Kier molecular flexibility index (Phi) is 5.11. The molecular weight excluding hydrogens is 278 g/mol. The number of sulfonamides is 1. The zero-order valence-electron chi connectivity index (χ0n) is 11.4. The molecule has 0 saturated carbocycles. The molecule has 0 fully saturated rings. The maximum absolute atomic E-state index is 12.4. The molecule has 1 aliphatic rings. The quantitative estimate of drug-likeness (QED) is 0.762. The van der Waals surface area contributed by atoms with Gasteiger partial charge in [-0.05, 0) is 25.1 Å². The Morgan fingerprint density at radius 3 is 2.90 bits per heavy atom. The van der Waals surface area contributed by atoms with Gasteiger partial charge in [0.1, 0.15) is 11.2 Å². The van der Waals surface area contributed by atoms with Crippen LogP contribution in [0.4, 0.5) is 5.69 Å². The van der Waals surface area contributed by atoms with Crippen LogP contribution in [0.15, 0.2) is 34.2 Å². The minimum atomic E-state index is -3.45. The van der Waals surface area contributed by atoms with Crippen molar-refractivity contribution >= 4 is 22.0 Å². The van der Waals surface area contributed by atoms with Gasteiger partial charge in [-0.15, -0.1) is 0 Å². The second-order valence-corrected chi connectivity index (χ2v) is 6.28. The van der Waals surface area contributed by atoms with Crippen molar-refractivity contribution in [1.82, 2.24) is 9.62 Å². The van der Waals surface area contributed by atoms with Crippen molar-refractivity contribution in [2.45, 2.75) is 11.3 Å². The zero-order chi connectivity index (χ0) is 14.4. The van der Waals surface area contributed by atoms with Crippen molar-refractivity contribution in [2.75, 3.05) is 33.4 Å². The Morgan fingerprint density at radius 2 is 2.10 bits per heavy atom. The SMILES string of the molecule is COCCNCCCN1C=Nc2ccccc2S1(=O)=O. The Labute approximate surface area is 119 Å². The highest BCUT2D eigenvalue weighted by Gasteiger charge is 2.27. The van der Waals surface area contributed by atoms with E-state index in [1.807, 2.05) is 0 Å². The third-order valence-electron chi connectivity index (χ3n) is 2.99. The molecule has 7 heteroatoms. The number of benzene rings is 1. The van der Waals surface area contributed by atoms with Crippen molar-refractivity contribution in [1.29, 1.82) is 0 Å². The van der Waals surface area contributed by atoms with Crippen LogP contribution < -0.4 is 5.32 Å². The number of ether oxygens (including phenoxy) is 1. The topological polar surface area (TPSA) is 71.0 Å². The summed E-state index contributed by atoms with van der Waals surface area (Å²) < 4.78 is 30.9. The van der Waals surface area contributed by atoms with Crippen LogP contribution in [0.1, 0.15) is 6.42 Å². The molecule has 1 aromatic rings. The van der Waals surface area contributed by atoms with Gasteiger partial charge in [-0.25, -0.2) is 13.4 Å². The molecule has 0 aromatic heterocycles. The van der Waals surface area contributed by atoms with Gasteiger partial charge in [0, 0.05) is 20.2 Å². The lowest BCUT2D eigenvalue weighted by molar-refractivity contribution is 0.199. The van der Waals surface area contributed by atoms with E-state index in [0.29, 0.717) is 18.8 Å². The second-order valence-electron chi connectivity index (χ2n) is 4.42. The first-order valence-electron chi connectivity index (χ1n) is 6.51. The van der Waals surface area contributed by atoms with Crippen LogP contribution in [0, 0.1) is 0 Å². The fourth-order valence-electron chi connectivity index (χ4n) is 1.93. The second kappa shape index (κ2) is 6.83. The summed E-state index contributed by atoms with van der Waals surface area (Å²) in [6.07, 6.45) is 2.12. The number of hydrogen-bond acceptors (Lipinski definition) is 5. The van der Waals surface area contributed by atoms with Crippen molar-refractivity contribution in [3.05, 3.63) is 24.3 Å². The van der Waals surface area contributed by atoms with E-state index in [9.17, 15) is 8.42 Å². The zero-order valence-corrected chi connectivity index (χ0v) is 12.3. The highest BCUT2D eigenvalue weighted by molar-refractivity contribution is 7.89. The van der Waals surface area contributed by atoms with Crippen molar-refractivity contribution < 1.29 is 13.2 Å². The number of aliphatic imine (C=N–C) groups is 1. The number of rotatable bonds is 7. The number of hydrogen-bond donors (Lipinski definition) is 1. The van der Waals surface area contributed by atoms with Gasteiger partial charge in [0.15, 0.2) is 0 Å². The smallest absolute Gasteiger partial charge is 0.267 e. The van der Waals surface area contributed by atoms with Gasteiger partial charge in [-0.3, -0.25) is 4.31 Å². The van der Waals surface area contributed by atoms with Crippen LogP contribution in [0.5, 0.6) is 0 Å². The molecule has 1 aromatic carbocycles. The molecule has 0 bridgehead atoms. The average Bonchev–Trinajstić information content (AvgIpc) is 2.45. The Hall–Kier alpha value is -1.44. The van der Waals surface area contributed by atoms with E-state index in [1.165, 1.54) is 10.6 Å². The minimum absolute atomic E-state index is 0.273. The fraction of sp³-hybridized carbons (Fsp3) is 0.462. The number of nitrogens with zero attached hydrogens (tertiary/aromatic N) is 2. The van der Waals surface area contributed by atoms with E-state index in [0.717, 1.165) is 19.5 Å². The van der Waals surface area contributed by atoms with Gasteiger partial charge in [0.2, 0.25) is 0 Å². The third-order valence-corrected chi connectivity index (χ3v) is 4.79. The molecular formula is C13H19N3O3S. The predicted molar refractivity (Wildman–Crippen MR) is 77.8 cm³/mol. The molecule has 2 rings (SSSR count). The number of methoxy groups -OCH3 is 1. The van der Waals surface area contributed by atoms with E-state index in [1.54, 1.807) is 31.4 Å². The van der Waals surface area contributed by atoms with Crippen molar-refractivity contribution in [3.63, 3.8) is 0 Å². The molecule has 0 atom stereocenters. The molecule has 0 aliphatic carbocycles. The molecule has 0 radical (unpaired) electrons. The van der Waals surface area contributed by atoms with Crippen LogP contribution >= 0.6 is 0 Å². The fourth-order valence-corrected chi connectivity index (χ4v) is 3.36. The molecule has 0 spiro atoms. The maximum Gasteiger partial charge on any atom is 0.267 e. The summed E-state index contributed by atoms with van der Waals surface area (Å²) in [5, 5.41) is 3.18. The Morgan fingerprint density at radius 1 is 1.30 bits per heavy atom. The standard InChI is InChI=1S/C13H19N3O3S/c1-19-10-8-14-7-4-9-16-11-15-12-5-2-3-6-13(12)20(16,17)18/h2-3,5-6,11,14H,4,7-10H2,1H3. The molecule has 1 aliphatic heterocycles. The lowest BCUT2D eigenvalue weighted by atomic mass is 10.3. The van der Waals surface area contributed by atoms with Crippen molar-refractivity contribution in [3.8, 4) is 0 Å². The molecule has 0 unspecified atom stereocenters. The summed E-state index contributed by atoms with van der Waals surface area (Å²) in [6.45, 7) is 2.57. The third kappa shape index (κ3) is 3.36. The number of fused-ring (bicyclic) bond motifs is 1. The number of nitrogens with one attached hydrogen (secondary N) is 1. The summed E-state index contributed by atoms with van der Waals surface area (Å²) in [7, 11) is -1.80. The van der Waals surface area contributed by atoms with E-state index in [-0.39, 0.29) is 4.90 Å². The van der Waals surface area contributed by atoms with E-state index < -0.39 is 10.0 Å². The van der Waals surface area contributed by atoms with Crippen LogP contribution in [0.3, 0.4) is 0 Å². The Bertz CT molecular complexity index is 572. The summed E-state index contributed by atoms with van der Waals surface area (Å²) in [6, 6.07) is 6.78. The summed E-state index contributed by atoms with van der Waals surface area (Å²) in [4.78, 5) is 4.45. The van der Waals surface area contributed by atoms with Crippen LogP contribution in [-0.2, 0) is 14.8 Å². The van der Waals surface area contributed by atoms with Crippen LogP contribution in [-0.4, -0.2) is 52.4 Å². The highest BCUT2D eigenvalue weighted by Crippen LogP contribution is 2.29. The summed E-state index contributed by atoms with van der Waals surface area (Å²) >= 11 is 0. The van der Waals surface area contributed by atoms with Gasteiger partial charge < -0.3 is 10.1 Å². The highest BCUT2D eigenvalue weighted by atomic mass is 32.2. The first-order valence-corrected chi connectivity index (χ1v) is 7.95. The van der Waals surface area contributed by atoms with Crippen LogP contribution in [0.25, 0.3) is 0 Å². The monoisotopic (exact) mass is 297 g/mol. The largest absolute Gasteiger partial charge is 0.383 e. The molecule has 20 heavy (non-hydrogen) atoms. The molecule has 1 N–H and O–H groups in total. The first kappa shape index (κ1) is 15.0.